The number of rotatable bonds is 7. The summed E-state index contributed by atoms with van der Waals surface area (Å²) in [6.45, 7) is 5.77. The Balaban J connectivity index is 1.45. The van der Waals surface area contributed by atoms with Crippen molar-refractivity contribution < 1.29 is 14.3 Å². The number of urea groups is 1. The standard InChI is InChI=1S/C21H33N3O3/c1-26-19-9-6-8-18(20(19)27-2)17-10-15-24(16-17)21(25)22-11-7-14-23-12-4-3-5-13-23/h6,8-9,17H,3-5,7,10-16H2,1-2H3,(H,22,25). The summed E-state index contributed by atoms with van der Waals surface area (Å²) >= 11 is 0. The van der Waals surface area contributed by atoms with Crippen LogP contribution in [0.25, 0.3) is 0 Å². The first kappa shape index (κ1) is 19.8. The highest BCUT2D eigenvalue weighted by Crippen LogP contribution is 2.39. The Morgan fingerprint density at radius 3 is 2.70 bits per heavy atom. The SMILES string of the molecule is COc1cccc(C2CCN(C(=O)NCCCN3CCCCC3)C2)c1OC. The zero-order valence-electron chi connectivity index (χ0n) is 16.7. The van der Waals surface area contributed by atoms with Gasteiger partial charge in [-0.25, -0.2) is 4.79 Å². The summed E-state index contributed by atoms with van der Waals surface area (Å²) in [5.74, 6) is 1.82. The van der Waals surface area contributed by atoms with E-state index in [-0.39, 0.29) is 11.9 Å². The predicted molar refractivity (Wildman–Crippen MR) is 107 cm³/mol. The van der Waals surface area contributed by atoms with Gasteiger partial charge in [-0.1, -0.05) is 18.6 Å². The van der Waals surface area contributed by atoms with Crippen LogP contribution in [0.15, 0.2) is 18.2 Å². The second-order valence-electron chi connectivity index (χ2n) is 7.50. The van der Waals surface area contributed by atoms with E-state index in [2.05, 4.69) is 16.3 Å². The molecule has 1 N–H and O–H groups in total. The fourth-order valence-electron chi connectivity index (χ4n) is 4.22. The van der Waals surface area contributed by atoms with E-state index in [0.29, 0.717) is 0 Å². The monoisotopic (exact) mass is 375 g/mol. The van der Waals surface area contributed by atoms with E-state index in [4.69, 9.17) is 9.47 Å². The molecular weight excluding hydrogens is 342 g/mol. The van der Waals surface area contributed by atoms with Gasteiger partial charge in [0.2, 0.25) is 0 Å². The topological polar surface area (TPSA) is 54.0 Å². The van der Waals surface area contributed by atoms with Crippen molar-refractivity contribution in [1.82, 2.24) is 15.1 Å². The van der Waals surface area contributed by atoms with E-state index < -0.39 is 0 Å². The number of nitrogens with one attached hydrogen (secondary N) is 1. The van der Waals surface area contributed by atoms with Gasteiger partial charge in [0.25, 0.3) is 0 Å². The number of piperidine rings is 1. The Kier molecular flexibility index (Phi) is 7.21. The quantitative estimate of drug-likeness (QED) is 0.744. The van der Waals surface area contributed by atoms with E-state index in [1.165, 1.54) is 32.4 Å². The zero-order valence-corrected chi connectivity index (χ0v) is 16.7. The molecule has 2 aliphatic heterocycles. The molecule has 2 amide bonds. The first-order chi connectivity index (χ1) is 13.2. The van der Waals surface area contributed by atoms with Gasteiger partial charge >= 0.3 is 6.03 Å². The molecule has 0 aliphatic carbocycles. The first-order valence-corrected chi connectivity index (χ1v) is 10.2. The highest BCUT2D eigenvalue weighted by Gasteiger charge is 2.29. The molecule has 6 nitrogen and oxygen atoms in total. The zero-order chi connectivity index (χ0) is 19.1. The third-order valence-electron chi connectivity index (χ3n) is 5.72. The third-order valence-corrected chi connectivity index (χ3v) is 5.72. The summed E-state index contributed by atoms with van der Waals surface area (Å²) in [7, 11) is 3.32. The smallest absolute Gasteiger partial charge is 0.317 e. The van der Waals surface area contributed by atoms with Crippen LogP contribution in [0.1, 0.15) is 43.6 Å². The molecule has 2 aliphatic rings. The molecule has 150 valence electrons. The molecule has 1 unspecified atom stereocenters. The van der Waals surface area contributed by atoms with E-state index in [1.807, 2.05) is 17.0 Å². The average molecular weight is 376 g/mol. The maximum atomic E-state index is 12.5. The minimum Gasteiger partial charge on any atom is -0.493 e. The van der Waals surface area contributed by atoms with Gasteiger partial charge in [0.05, 0.1) is 14.2 Å². The van der Waals surface area contributed by atoms with Gasteiger partial charge in [-0.2, -0.15) is 0 Å². The summed E-state index contributed by atoms with van der Waals surface area (Å²) in [4.78, 5) is 16.9. The van der Waals surface area contributed by atoms with Crippen molar-refractivity contribution in [2.45, 2.75) is 38.0 Å². The molecule has 1 aromatic carbocycles. The van der Waals surface area contributed by atoms with Crippen LogP contribution in [-0.2, 0) is 0 Å². The Morgan fingerprint density at radius 1 is 1.15 bits per heavy atom. The normalized spacial score (nSPS) is 20.5. The summed E-state index contributed by atoms with van der Waals surface area (Å²) in [6.07, 6.45) is 5.96. The fraction of sp³-hybridized carbons (Fsp3) is 0.667. The van der Waals surface area contributed by atoms with Crippen molar-refractivity contribution in [3.8, 4) is 11.5 Å². The molecule has 27 heavy (non-hydrogen) atoms. The maximum Gasteiger partial charge on any atom is 0.317 e. The highest BCUT2D eigenvalue weighted by molar-refractivity contribution is 5.74. The number of carbonyl (C=O) groups is 1. The number of amides is 2. The van der Waals surface area contributed by atoms with Crippen molar-refractivity contribution in [1.29, 1.82) is 0 Å². The number of para-hydroxylation sites is 1. The van der Waals surface area contributed by atoms with Gasteiger partial charge in [-0.3, -0.25) is 0 Å². The number of hydrogen-bond acceptors (Lipinski definition) is 4. The Labute approximate surface area is 162 Å². The molecule has 0 saturated carbocycles. The molecule has 0 bridgehead atoms. The number of carbonyl (C=O) groups excluding carboxylic acids is 1. The molecule has 1 atom stereocenters. The van der Waals surface area contributed by atoms with Crippen LogP contribution in [0.3, 0.4) is 0 Å². The lowest BCUT2D eigenvalue weighted by Crippen LogP contribution is -2.40. The van der Waals surface area contributed by atoms with Crippen LogP contribution < -0.4 is 14.8 Å². The van der Waals surface area contributed by atoms with Gasteiger partial charge < -0.3 is 24.6 Å². The summed E-state index contributed by atoms with van der Waals surface area (Å²) in [5.41, 5.74) is 1.12. The van der Waals surface area contributed by atoms with Gasteiger partial charge in [-0.15, -0.1) is 0 Å². The molecule has 2 fully saturated rings. The van der Waals surface area contributed by atoms with Crippen molar-refractivity contribution >= 4 is 6.03 Å². The Hall–Kier alpha value is -1.95. The highest BCUT2D eigenvalue weighted by atomic mass is 16.5. The minimum absolute atomic E-state index is 0.0537. The van der Waals surface area contributed by atoms with E-state index in [0.717, 1.165) is 56.1 Å². The number of ether oxygens (including phenoxy) is 2. The van der Waals surface area contributed by atoms with Crippen LogP contribution in [0.4, 0.5) is 4.79 Å². The summed E-state index contributed by atoms with van der Waals surface area (Å²) < 4.78 is 11.0. The van der Waals surface area contributed by atoms with E-state index >= 15 is 0 Å². The third kappa shape index (κ3) is 5.06. The molecule has 6 heteroatoms. The van der Waals surface area contributed by atoms with Crippen LogP contribution in [0, 0.1) is 0 Å². The minimum atomic E-state index is 0.0537. The van der Waals surface area contributed by atoms with Gasteiger partial charge in [0.1, 0.15) is 0 Å². The number of likely N-dealkylation sites (tertiary alicyclic amines) is 2. The van der Waals surface area contributed by atoms with Crippen LogP contribution in [0.5, 0.6) is 11.5 Å². The number of methoxy groups -OCH3 is 2. The molecule has 0 aromatic heterocycles. The number of benzene rings is 1. The Morgan fingerprint density at radius 2 is 1.96 bits per heavy atom. The average Bonchev–Trinajstić information content (AvgIpc) is 3.21. The van der Waals surface area contributed by atoms with Crippen molar-refractivity contribution in [3.05, 3.63) is 23.8 Å². The molecule has 0 radical (unpaired) electrons. The van der Waals surface area contributed by atoms with Crippen LogP contribution in [0.2, 0.25) is 0 Å². The van der Waals surface area contributed by atoms with Gasteiger partial charge in [-0.05, 0) is 51.4 Å². The van der Waals surface area contributed by atoms with Gasteiger partial charge in [0, 0.05) is 31.1 Å². The molecule has 2 heterocycles. The second-order valence-corrected chi connectivity index (χ2v) is 7.50. The van der Waals surface area contributed by atoms with Crippen molar-refractivity contribution in [3.63, 3.8) is 0 Å². The lowest BCUT2D eigenvalue weighted by Gasteiger charge is -2.26. The lowest BCUT2D eigenvalue weighted by atomic mass is 9.97. The molecule has 3 rings (SSSR count). The van der Waals surface area contributed by atoms with Crippen molar-refractivity contribution in [2.75, 3.05) is 53.5 Å². The largest absolute Gasteiger partial charge is 0.493 e. The molecule has 0 spiro atoms. The van der Waals surface area contributed by atoms with E-state index in [9.17, 15) is 4.79 Å². The predicted octanol–water partition coefficient (Wildman–Crippen LogP) is 3.08. The molecular formula is C21H33N3O3. The summed E-state index contributed by atoms with van der Waals surface area (Å²) in [5, 5.41) is 3.09. The first-order valence-electron chi connectivity index (χ1n) is 10.2. The Bertz CT molecular complexity index is 617. The molecule has 1 aromatic rings. The van der Waals surface area contributed by atoms with Crippen LogP contribution in [-0.4, -0.2) is 69.3 Å². The maximum absolute atomic E-state index is 12.5. The van der Waals surface area contributed by atoms with Crippen molar-refractivity contribution in [2.24, 2.45) is 0 Å². The van der Waals surface area contributed by atoms with E-state index in [1.54, 1.807) is 14.2 Å². The molecule has 2 saturated heterocycles. The van der Waals surface area contributed by atoms with Crippen LogP contribution >= 0.6 is 0 Å². The number of nitrogens with zero attached hydrogens (tertiary/aromatic N) is 2. The lowest BCUT2D eigenvalue weighted by molar-refractivity contribution is 0.204. The number of hydrogen-bond donors (Lipinski definition) is 1. The summed E-state index contributed by atoms with van der Waals surface area (Å²) in [6, 6.07) is 6.02. The second kappa shape index (κ2) is 9.83. The fourth-order valence-corrected chi connectivity index (χ4v) is 4.22. The van der Waals surface area contributed by atoms with Gasteiger partial charge in [0.15, 0.2) is 11.5 Å².